The molecule has 0 aliphatic heterocycles. The van der Waals surface area contributed by atoms with E-state index in [1.54, 1.807) is 0 Å². The van der Waals surface area contributed by atoms with Gasteiger partial charge in [-0.1, -0.05) is 26.8 Å². The molecule has 0 heterocycles. The summed E-state index contributed by atoms with van der Waals surface area (Å²) in [5.74, 6) is 0. The highest BCUT2D eigenvalue weighted by molar-refractivity contribution is 4.89. The summed E-state index contributed by atoms with van der Waals surface area (Å²) in [4.78, 5) is 0. The molecule has 0 amide bonds. The molecule has 0 saturated carbocycles. The first-order valence-corrected chi connectivity index (χ1v) is 4.22. The molecule has 10 heavy (non-hydrogen) atoms. The van der Waals surface area contributed by atoms with Crippen molar-refractivity contribution < 1.29 is 0 Å². The second-order valence-corrected chi connectivity index (χ2v) is 2.63. The van der Waals surface area contributed by atoms with Gasteiger partial charge in [0.05, 0.1) is 0 Å². The molecular formula is C9H19N. The Balaban J connectivity index is 3.09. The van der Waals surface area contributed by atoms with Crippen LogP contribution in [0, 0.1) is 0 Å². The van der Waals surface area contributed by atoms with Crippen molar-refractivity contribution in [1.29, 1.82) is 0 Å². The van der Waals surface area contributed by atoms with Crippen molar-refractivity contribution in [3.8, 4) is 0 Å². The number of rotatable bonds is 6. The smallest absolute Gasteiger partial charge is 0.0141 e. The van der Waals surface area contributed by atoms with Crippen molar-refractivity contribution in [1.82, 2.24) is 5.32 Å². The first-order valence-electron chi connectivity index (χ1n) is 4.22. The number of unbranched alkanes of at least 4 members (excludes halogenated alkanes) is 1. The maximum absolute atomic E-state index is 3.92. The molecule has 0 aromatic carbocycles. The molecule has 1 nitrogen and oxygen atoms in total. The summed E-state index contributed by atoms with van der Waals surface area (Å²) in [6.45, 7) is 9.36. The summed E-state index contributed by atoms with van der Waals surface area (Å²) in [6, 6.07) is 0. The zero-order valence-electron chi connectivity index (χ0n) is 7.24. The lowest BCUT2D eigenvalue weighted by molar-refractivity contribution is 0.692. The Morgan fingerprint density at radius 2 is 2.00 bits per heavy atom. The van der Waals surface area contributed by atoms with Crippen LogP contribution in [0.2, 0.25) is 0 Å². The first-order chi connectivity index (χ1) is 4.81. The standard InChI is InChI=1S/C9H19N/c1-4-6-7-9(3)10-8-5-2/h10H,3-8H2,1-2H3. The van der Waals surface area contributed by atoms with E-state index in [-0.39, 0.29) is 0 Å². The van der Waals surface area contributed by atoms with Crippen LogP contribution in [-0.4, -0.2) is 6.54 Å². The third-order valence-electron chi connectivity index (χ3n) is 1.46. The van der Waals surface area contributed by atoms with Crippen molar-refractivity contribution in [3.05, 3.63) is 12.3 Å². The van der Waals surface area contributed by atoms with Gasteiger partial charge in [-0.2, -0.15) is 0 Å². The second-order valence-electron chi connectivity index (χ2n) is 2.63. The minimum absolute atomic E-state index is 1.07. The summed E-state index contributed by atoms with van der Waals surface area (Å²) in [5, 5.41) is 3.27. The Kier molecular flexibility index (Phi) is 6.35. The third-order valence-corrected chi connectivity index (χ3v) is 1.46. The average Bonchev–Trinajstić information content (AvgIpc) is 1.97. The van der Waals surface area contributed by atoms with Crippen molar-refractivity contribution in [3.63, 3.8) is 0 Å². The molecule has 0 atom stereocenters. The molecule has 60 valence electrons. The van der Waals surface area contributed by atoms with Crippen LogP contribution < -0.4 is 5.32 Å². The molecule has 0 aromatic rings. The van der Waals surface area contributed by atoms with E-state index in [2.05, 4.69) is 25.7 Å². The molecule has 0 bridgehead atoms. The lowest BCUT2D eigenvalue weighted by Gasteiger charge is -2.06. The summed E-state index contributed by atoms with van der Waals surface area (Å²) in [6.07, 6.45) is 4.84. The van der Waals surface area contributed by atoms with Gasteiger partial charge in [-0.3, -0.25) is 0 Å². The maximum atomic E-state index is 3.92. The molecule has 0 radical (unpaired) electrons. The number of hydrogen-bond acceptors (Lipinski definition) is 1. The molecule has 0 rings (SSSR count). The molecule has 0 spiro atoms. The molecule has 1 N–H and O–H groups in total. The van der Waals surface area contributed by atoms with Crippen LogP contribution in [0.25, 0.3) is 0 Å². The molecule has 0 fully saturated rings. The van der Waals surface area contributed by atoms with Crippen LogP contribution in [0.15, 0.2) is 12.3 Å². The van der Waals surface area contributed by atoms with Gasteiger partial charge in [0.15, 0.2) is 0 Å². The fourth-order valence-corrected chi connectivity index (χ4v) is 0.780. The number of nitrogens with one attached hydrogen (secondary N) is 1. The van der Waals surface area contributed by atoms with Crippen LogP contribution in [0.4, 0.5) is 0 Å². The van der Waals surface area contributed by atoms with Gasteiger partial charge in [0.2, 0.25) is 0 Å². The average molecular weight is 141 g/mol. The van der Waals surface area contributed by atoms with Crippen molar-refractivity contribution in [2.45, 2.75) is 39.5 Å². The van der Waals surface area contributed by atoms with Gasteiger partial charge in [-0.05, 0) is 19.3 Å². The lowest BCUT2D eigenvalue weighted by atomic mass is 10.2. The fraction of sp³-hybridized carbons (Fsp3) is 0.778. The molecule has 0 aliphatic rings. The Labute approximate surface area is 64.5 Å². The predicted molar refractivity (Wildman–Crippen MR) is 47.0 cm³/mol. The summed E-state index contributed by atoms with van der Waals surface area (Å²) < 4.78 is 0. The van der Waals surface area contributed by atoms with E-state index >= 15 is 0 Å². The Bertz CT molecular complexity index is 76.7. The van der Waals surface area contributed by atoms with Gasteiger partial charge in [0.1, 0.15) is 0 Å². The summed E-state index contributed by atoms with van der Waals surface area (Å²) in [7, 11) is 0. The third kappa shape index (κ3) is 5.67. The summed E-state index contributed by atoms with van der Waals surface area (Å²) >= 11 is 0. The highest BCUT2D eigenvalue weighted by Gasteiger charge is 1.89. The second kappa shape index (κ2) is 6.66. The van der Waals surface area contributed by atoms with Gasteiger partial charge < -0.3 is 5.32 Å². The Morgan fingerprint density at radius 3 is 2.50 bits per heavy atom. The van der Waals surface area contributed by atoms with Crippen molar-refractivity contribution in [2.75, 3.05) is 6.54 Å². The van der Waals surface area contributed by atoms with E-state index in [0.29, 0.717) is 0 Å². The highest BCUT2D eigenvalue weighted by atomic mass is 14.9. The van der Waals surface area contributed by atoms with Gasteiger partial charge in [-0.25, -0.2) is 0 Å². The zero-order chi connectivity index (χ0) is 7.82. The maximum Gasteiger partial charge on any atom is 0.0141 e. The largest absolute Gasteiger partial charge is 0.389 e. The SMILES string of the molecule is C=C(CCCC)NCCC. The predicted octanol–water partition coefficient (Wildman–Crippen LogP) is 2.69. The van der Waals surface area contributed by atoms with E-state index in [9.17, 15) is 0 Å². The van der Waals surface area contributed by atoms with E-state index < -0.39 is 0 Å². The van der Waals surface area contributed by atoms with Gasteiger partial charge in [0.25, 0.3) is 0 Å². The molecular weight excluding hydrogens is 122 g/mol. The van der Waals surface area contributed by atoms with E-state index in [1.807, 2.05) is 0 Å². The normalized spacial score (nSPS) is 9.40. The quantitative estimate of drug-likeness (QED) is 0.599. The molecule has 0 aromatic heterocycles. The van der Waals surface area contributed by atoms with Crippen molar-refractivity contribution in [2.24, 2.45) is 0 Å². The molecule has 1 heteroatoms. The zero-order valence-corrected chi connectivity index (χ0v) is 7.24. The highest BCUT2D eigenvalue weighted by Crippen LogP contribution is 2.00. The topological polar surface area (TPSA) is 12.0 Å². The van der Waals surface area contributed by atoms with E-state index in [1.165, 1.54) is 25.0 Å². The van der Waals surface area contributed by atoms with E-state index in [0.717, 1.165) is 13.0 Å². The number of hydrogen-bond donors (Lipinski definition) is 1. The van der Waals surface area contributed by atoms with Crippen LogP contribution >= 0.6 is 0 Å². The Hall–Kier alpha value is -0.460. The Morgan fingerprint density at radius 1 is 1.30 bits per heavy atom. The molecule has 0 unspecified atom stereocenters. The van der Waals surface area contributed by atoms with Crippen LogP contribution in [0.1, 0.15) is 39.5 Å². The van der Waals surface area contributed by atoms with Gasteiger partial charge in [-0.15, -0.1) is 0 Å². The first kappa shape index (κ1) is 9.54. The van der Waals surface area contributed by atoms with Gasteiger partial charge >= 0.3 is 0 Å². The monoisotopic (exact) mass is 141 g/mol. The fourth-order valence-electron chi connectivity index (χ4n) is 0.780. The molecule has 0 aliphatic carbocycles. The van der Waals surface area contributed by atoms with Crippen LogP contribution in [0.5, 0.6) is 0 Å². The summed E-state index contributed by atoms with van der Waals surface area (Å²) in [5.41, 5.74) is 1.20. The minimum Gasteiger partial charge on any atom is -0.389 e. The lowest BCUT2D eigenvalue weighted by Crippen LogP contribution is -2.12. The van der Waals surface area contributed by atoms with E-state index in [4.69, 9.17) is 0 Å². The van der Waals surface area contributed by atoms with Gasteiger partial charge in [0, 0.05) is 12.2 Å². The van der Waals surface area contributed by atoms with Crippen LogP contribution in [0.3, 0.4) is 0 Å². The minimum atomic E-state index is 1.07. The molecule has 0 saturated heterocycles. The van der Waals surface area contributed by atoms with Crippen LogP contribution in [-0.2, 0) is 0 Å². The number of allylic oxidation sites excluding steroid dienone is 1. The van der Waals surface area contributed by atoms with Crippen molar-refractivity contribution >= 4 is 0 Å².